The summed E-state index contributed by atoms with van der Waals surface area (Å²) in [4.78, 5) is 28.2. The molecule has 31 heavy (non-hydrogen) atoms. The number of pyridine rings is 1. The van der Waals surface area contributed by atoms with Gasteiger partial charge in [0.1, 0.15) is 5.82 Å². The van der Waals surface area contributed by atoms with Gasteiger partial charge in [0.2, 0.25) is 5.91 Å². The van der Waals surface area contributed by atoms with E-state index in [1.54, 1.807) is 48.8 Å². The van der Waals surface area contributed by atoms with E-state index in [2.05, 4.69) is 15.6 Å². The highest BCUT2D eigenvalue weighted by molar-refractivity contribution is 6.05. The van der Waals surface area contributed by atoms with Crippen LogP contribution in [0.1, 0.15) is 21.5 Å². The maximum Gasteiger partial charge on any atom is 0.255 e. The average Bonchev–Trinajstić information content (AvgIpc) is 2.74. The number of hydrogen-bond acceptors (Lipinski definition) is 4. The molecule has 162 valence electrons. The second kappa shape index (κ2) is 12.3. The fraction of sp³-hybridized carbons (Fsp3) is 0.0455. The van der Waals surface area contributed by atoms with Crippen molar-refractivity contribution in [2.75, 3.05) is 11.1 Å². The molecule has 2 aromatic carbocycles. The number of carbonyl (C=O) groups excluding carboxylic acids is 2. The summed E-state index contributed by atoms with van der Waals surface area (Å²) in [5, 5.41) is 5.35. The molecule has 1 aromatic heterocycles. The lowest BCUT2D eigenvalue weighted by atomic mass is 10.1. The van der Waals surface area contributed by atoms with Gasteiger partial charge in [0, 0.05) is 30.6 Å². The standard InChI is InChI=1S/C22H19FN4O2.2ClH/c23-18-8-9-19(24)20(12-18)27-22(29)17-6-3-16(4-7-17)14-26-21(28)10-5-15-2-1-11-25-13-15;;/h1-13H,14,24H2,(H,26,28)(H,27,29);2*1H/b10-5+;;. The smallest absolute Gasteiger partial charge is 0.255 e. The lowest BCUT2D eigenvalue weighted by Gasteiger charge is -2.09. The van der Waals surface area contributed by atoms with Gasteiger partial charge in [-0.2, -0.15) is 0 Å². The van der Waals surface area contributed by atoms with Crippen LogP contribution in [0.3, 0.4) is 0 Å². The molecule has 3 aromatic rings. The van der Waals surface area contributed by atoms with E-state index in [1.807, 2.05) is 6.07 Å². The first-order valence-corrected chi connectivity index (χ1v) is 8.82. The molecule has 0 aliphatic carbocycles. The Morgan fingerprint density at radius 3 is 2.48 bits per heavy atom. The van der Waals surface area contributed by atoms with E-state index < -0.39 is 11.7 Å². The van der Waals surface area contributed by atoms with Gasteiger partial charge >= 0.3 is 0 Å². The Hall–Kier alpha value is -3.42. The maximum absolute atomic E-state index is 13.3. The largest absolute Gasteiger partial charge is 0.397 e. The number of nitrogens with two attached hydrogens (primary N) is 1. The van der Waals surface area contributed by atoms with E-state index in [-0.39, 0.29) is 42.1 Å². The van der Waals surface area contributed by atoms with Gasteiger partial charge in [-0.15, -0.1) is 24.8 Å². The van der Waals surface area contributed by atoms with Crippen LogP contribution < -0.4 is 16.4 Å². The highest BCUT2D eigenvalue weighted by atomic mass is 35.5. The molecule has 0 aliphatic heterocycles. The van der Waals surface area contributed by atoms with Gasteiger partial charge in [0.15, 0.2) is 0 Å². The summed E-state index contributed by atoms with van der Waals surface area (Å²) in [5.41, 5.74) is 8.28. The van der Waals surface area contributed by atoms with Crippen LogP contribution in [0.15, 0.2) is 73.1 Å². The molecule has 1 heterocycles. The molecule has 0 aliphatic rings. The van der Waals surface area contributed by atoms with Gasteiger partial charge < -0.3 is 16.4 Å². The van der Waals surface area contributed by atoms with E-state index in [4.69, 9.17) is 5.73 Å². The molecule has 3 rings (SSSR count). The first kappa shape index (κ1) is 25.6. The number of aromatic nitrogens is 1. The number of nitrogens with one attached hydrogen (secondary N) is 2. The molecular formula is C22H21Cl2FN4O2. The summed E-state index contributed by atoms with van der Waals surface area (Å²) in [7, 11) is 0. The van der Waals surface area contributed by atoms with Crippen molar-refractivity contribution < 1.29 is 14.0 Å². The molecule has 0 saturated heterocycles. The minimum atomic E-state index is -0.488. The van der Waals surface area contributed by atoms with Crippen molar-refractivity contribution in [1.29, 1.82) is 0 Å². The number of nitrogens with zero attached hydrogens (tertiary/aromatic N) is 1. The molecule has 9 heteroatoms. The molecular weight excluding hydrogens is 442 g/mol. The van der Waals surface area contributed by atoms with Crippen molar-refractivity contribution in [1.82, 2.24) is 10.3 Å². The van der Waals surface area contributed by atoms with Gasteiger partial charge in [-0.05, 0) is 53.6 Å². The molecule has 2 amide bonds. The summed E-state index contributed by atoms with van der Waals surface area (Å²) in [6.45, 7) is 0.314. The lowest BCUT2D eigenvalue weighted by Crippen LogP contribution is -2.20. The third-order valence-corrected chi connectivity index (χ3v) is 4.06. The number of carbonyl (C=O) groups is 2. The lowest BCUT2D eigenvalue weighted by molar-refractivity contribution is -0.116. The number of halogens is 3. The van der Waals surface area contributed by atoms with Crippen molar-refractivity contribution in [3.8, 4) is 0 Å². The third-order valence-electron chi connectivity index (χ3n) is 4.06. The van der Waals surface area contributed by atoms with Crippen LogP contribution in [0.4, 0.5) is 15.8 Å². The Bertz CT molecular complexity index is 1050. The van der Waals surface area contributed by atoms with Gasteiger partial charge in [0.25, 0.3) is 5.91 Å². The summed E-state index contributed by atoms with van der Waals surface area (Å²) in [5.74, 6) is -1.13. The molecule has 0 saturated carbocycles. The fourth-order valence-electron chi connectivity index (χ4n) is 2.50. The Labute approximate surface area is 191 Å². The van der Waals surface area contributed by atoms with Gasteiger partial charge in [-0.3, -0.25) is 14.6 Å². The fourth-order valence-corrected chi connectivity index (χ4v) is 2.50. The predicted octanol–water partition coefficient (Wildman–Crippen LogP) is 4.23. The number of hydrogen-bond donors (Lipinski definition) is 3. The topological polar surface area (TPSA) is 97.1 Å². The molecule has 0 bridgehead atoms. The summed E-state index contributed by atoms with van der Waals surface area (Å²) in [6, 6.07) is 14.1. The summed E-state index contributed by atoms with van der Waals surface area (Å²) >= 11 is 0. The van der Waals surface area contributed by atoms with Crippen molar-refractivity contribution in [2.24, 2.45) is 0 Å². The van der Waals surface area contributed by atoms with E-state index >= 15 is 0 Å². The van der Waals surface area contributed by atoms with Crippen LogP contribution >= 0.6 is 24.8 Å². The zero-order valence-corrected chi connectivity index (χ0v) is 17.9. The minimum Gasteiger partial charge on any atom is -0.397 e. The van der Waals surface area contributed by atoms with Crippen molar-refractivity contribution in [3.63, 3.8) is 0 Å². The number of amides is 2. The number of benzene rings is 2. The Morgan fingerprint density at radius 2 is 1.81 bits per heavy atom. The number of anilines is 2. The van der Waals surface area contributed by atoms with Crippen LogP contribution in [-0.4, -0.2) is 16.8 Å². The van der Waals surface area contributed by atoms with Crippen molar-refractivity contribution in [3.05, 3.63) is 95.6 Å². The Kier molecular flexibility index (Phi) is 10.2. The quantitative estimate of drug-likeness (QED) is 0.377. The molecule has 6 nitrogen and oxygen atoms in total. The molecule has 0 fully saturated rings. The van der Waals surface area contributed by atoms with Crippen molar-refractivity contribution in [2.45, 2.75) is 6.54 Å². The third kappa shape index (κ3) is 7.73. The Morgan fingerprint density at radius 1 is 1.06 bits per heavy atom. The highest BCUT2D eigenvalue weighted by Crippen LogP contribution is 2.20. The van der Waals surface area contributed by atoms with Gasteiger partial charge in [-0.1, -0.05) is 18.2 Å². The number of nitrogen functional groups attached to an aromatic ring is 1. The van der Waals surface area contributed by atoms with Crippen LogP contribution in [0, 0.1) is 5.82 Å². The summed E-state index contributed by atoms with van der Waals surface area (Å²) < 4.78 is 13.3. The molecule has 0 atom stereocenters. The van der Waals surface area contributed by atoms with E-state index in [0.717, 1.165) is 17.2 Å². The minimum absolute atomic E-state index is 0. The maximum atomic E-state index is 13.3. The second-order valence-electron chi connectivity index (χ2n) is 6.22. The molecule has 0 radical (unpaired) electrons. The normalized spacial score (nSPS) is 9.97. The summed E-state index contributed by atoms with van der Waals surface area (Å²) in [6.07, 6.45) is 6.43. The molecule has 0 unspecified atom stereocenters. The SMILES string of the molecule is Cl.Cl.Nc1ccc(F)cc1NC(=O)c1ccc(CNC(=O)/C=C/c2cccnc2)cc1. The first-order valence-electron chi connectivity index (χ1n) is 8.82. The van der Waals surface area contributed by atoms with Crippen molar-refractivity contribution >= 4 is 54.1 Å². The zero-order valence-electron chi connectivity index (χ0n) is 16.2. The van der Waals surface area contributed by atoms with Crippen LogP contribution in [0.2, 0.25) is 0 Å². The van der Waals surface area contributed by atoms with Crippen LogP contribution in [0.25, 0.3) is 6.08 Å². The zero-order chi connectivity index (χ0) is 20.6. The van der Waals surface area contributed by atoms with E-state index in [1.165, 1.54) is 18.2 Å². The van der Waals surface area contributed by atoms with E-state index in [9.17, 15) is 14.0 Å². The van der Waals surface area contributed by atoms with Gasteiger partial charge in [-0.25, -0.2) is 4.39 Å². The van der Waals surface area contributed by atoms with Crippen LogP contribution in [0.5, 0.6) is 0 Å². The van der Waals surface area contributed by atoms with E-state index in [0.29, 0.717) is 12.1 Å². The first-order chi connectivity index (χ1) is 14.0. The van der Waals surface area contributed by atoms with Crippen LogP contribution in [-0.2, 0) is 11.3 Å². The second-order valence-corrected chi connectivity index (χ2v) is 6.22. The predicted molar refractivity (Wildman–Crippen MR) is 125 cm³/mol. The average molecular weight is 463 g/mol. The monoisotopic (exact) mass is 462 g/mol. The van der Waals surface area contributed by atoms with Gasteiger partial charge in [0.05, 0.1) is 11.4 Å². The molecule has 0 spiro atoms. The molecule has 4 N–H and O–H groups in total. The Balaban J connectivity index is 0.00000240. The highest BCUT2D eigenvalue weighted by Gasteiger charge is 2.09. The number of rotatable bonds is 6.